The number of nitrogens with zero attached hydrogens (tertiary/aromatic N) is 4. The van der Waals surface area contributed by atoms with Crippen molar-refractivity contribution in [3.63, 3.8) is 0 Å². The van der Waals surface area contributed by atoms with Gasteiger partial charge in [-0.2, -0.15) is 5.10 Å². The topological polar surface area (TPSA) is 41.4 Å². The second kappa shape index (κ2) is 6.52. The van der Waals surface area contributed by atoms with E-state index in [0.29, 0.717) is 6.04 Å². The van der Waals surface area contributed by atoms with Gasteiger partial charge < -0.3 is 4.90 Å². The van der Waals surface area contributed by atoms with Gasteiger partial charge in [0.05, 0.1) is 6.54 Å². The van der Waals surface area contributed by atoms with Crippen molar-refractivity contribution in [2.45, 2.75) is 25.9 Å². The average molecular weight is 262 g/mol. The van der Waals surface area contributed by atoms with E-state index in [1.807, 2.05) is 21.8 Å². The summed E-state index contributed by atoms with van der Waals surface area (Å²) in [6.07, 6.45) is 6.18. The Morgan fingerprint density at radius 2 is 2.32 bits per heavy atom. The van der Waals surface area contributed by atoms with E-state index in [-0.39, 0.29) is 5.91 Å². The van der Waals surface area contributed by atoms with Gasteiger partial charge in [-0.05, 0) is 18.6 Å². The highest BCUT2D eigenvalue weighted by Gasteiger charge is 2.27. The van der Waals surface area contributed by atoms with Gasteiger partial charge in [0.1, 0.15) is 0 Å². The maximum Gasteiger partial charge on any atom is 0.246 e. The molecule has 0 aliphatic carbocycles. The van der Waals surface area contributed by atoms with Gasteiger partial charge in [0.2, 0.25) is 5.91 Å². The van der Waals surface area contributed by atoms with Crippen LogP contribution in [0.1, 0.15) is 13.3 Å². The lowest BCUT2D eigenvalue weighted by Crippen LogP contribution is -2.55. The first-order valence-corrected chi connectivity index (χ1v) is 6.87. The minimum atomic E-state index is 0.0542. The number of amides is 1. The molecule has 0 bridgehead atoms. The zero-order valence-electron chi connectivity index (χ0n) is 11.5. The molecule has 1 aliphatic heterocycles. The van der Waals surface area contributed by atoms with Crippen LogP contribution in [0.4, 0.5) is 0 Å². The summed E-state index contributed by atoms with van der Waals surface area (Å²) >= 11 is 0. The summed E-state index contributed by atoms with van der Waals surface area (Å²) in [5, 5.41) is 4.21. The molecular formula is C14H22N4O. The van der Waals surface area contributed by atoms with Crippen molar-refractivity contribution in [1.29, 1.82) is 0 Å². The van der Waals surface area contributed by atoms with Crippen LogP contribution >= 0.6 is 0 Å². The van der Waals surface area contributed by atoms with E-state index in [1.54, 1.807) is 6.20 Å². The standard InChI is InChI=1S/C14H22N4O/c1-3-13-12-16(8-10-17-7-5-6-15-17)9-11-18(13)14(19)4-2/h4-7,13H,2-3,8-12H2,1H3/t13-/m1/s1. The summed E-state index contributed by atoms with van der Waals surface area (Å²) in [6.45, 7) is 10.3. The third kappa shape index (κ3) is 3.44. The Bertz CT molecular complexity index is 415. The summed E-state index contributed by atoms with van der Waals surface area (Å²) in [7, 11) is 0. The monoisotopic (exact) mass is 262 g/mol. The summed E-state index contributed by atoms with van der Waals surface area (Å²) < 4.78 is 1.95. The minimum Gasteiger partial charge on any atom is -0.334 e. The molecule has 1 aromatic heterocycles. The van der Waals surface area contributed by atoms with Crippen LogP contribution in [0.2, 0.25) is 0 Å². The molecule has 19 heavy (non-hydrogen) atoms. The molecule has 1 saturated heterocycles. The van der Waals surface area contributed by atoms with Gasteiger partial charge >= 0.3 is 0 Å². The largest absolute Gasteiger partial charge is 0.334 e. The van der Waals surface area contributed by atoms with Crippen molar-refractivity contribution >= 4 is 5.91 Å². The molecule has 2 rings (SSSR count). The molecule has 0 unspecified atom stereocenters. The molecule has 1 amide bonds. The maximum absolute atomic E-state index is 11.8. The zero-order chi connectivity index (χ0) is 13.7. The van der Waals surface area contributed by atoms with Gasteiger partial charge in [-0.1, -0.05) is 13.5 Å². The lowest BCUT2D eigenvalue weighted by molar-refractivity contribution is -0.130. The molecule has 0 spiro atoms. The smallest absolute Gasteiger partial charge is 0.246 e. The van der Waals surface area contributed by atoms with Crippen LogP contribution in [-0.2, 0) is 11.3 Å². The Morgan fingerprint density at radius 3 is 2.95 bits per heavy atom. The number of piperazine rings is 1. The molecule has 5 heteroatoms. The van der Waals surface area contributed by atoms with Crippen molar-refractivity contribution in [2.24, 2.45) is 0 Å². The normalized spacial score (nSPS) is 20.5. The highest BCUT2D eigenvalue weighted by molar-refractivity contribution is 5.87. The van der Waals surface area contributed by atoms with Gasteiger partial charge in [0.25, 0.3) is 0 Å². The lowest BCUT2D eigenvalue weighted by atomic mass is 10.1. The third-order valence-corrected chi connectivity index (χ3v) is 3.70. The maximum atomic E-state index is 11.8. The van der Waals surface area contributed by atoms with Crippen LogP contribution in [-0.4, -0.2) is 57.7 Å². The number of carbonyl (C=O) groups is 1. The first-order valence-electron chi connectivity index (χ1n) is 6.87. The summed E-state index contributed by atoms with van der Waals surface area (Å²) in [6, 6.07) is 2.24. The molecule has 1 aromatic rings. The molecule has 1 aliphatic rings. The highest BCUT2D eigenvalue weighted by Crippen LogP contribution is 2.13. The van der Waals surface area contributed by atoms with E-state index in [2.05, 4.69) is 23.5 Å². The SMILES string of the molecule is C=CC(=O)N1CCN(CCn2cccn2)C[C@H]1CC. The molecule has 1 fully saturated rings. The predicted octanol–water partition coefficient (Wildman–Crippen LogP) is 0.992. The van der Waals surface area contributed by atoms with E-state index in [1.165, 1.54) is 6.08 Å². The van der Waals surface area contributed by atoms with Crippen LogP contribution in [0.3, 0.4) is 0 Å². The fourth-order valence-corrected chi connectivity index (χ4v) is 2.56. The molecule has 0 aromatic carbocycles. The Kier molecular flexibility index (Phi) is 4.74. The first kappa shape index (κ1) is 13.8. The van der Waals surface area contributed by atoms with Gasteiger partial charge in [-0.3, -0.25) is 14.4 Å². The summed E-state index contributed by atoms with van der Waals surface area (Å²) in [5.41, 5.74) is 0. The van der Waals surface area contributed by atoms with Crippen molar-refractivity contribution in [1.82, 2.24) is 19.6 Å². The minimum absolute atomic E-state index is 0.0542. The van der Waals surface area contributed by atoms with Crippen LogP contribution in [0.5, 0.6) is 0 Å². The van der Waals surface area contributed by atoms with Crippen LogP contribution < -0.4 is 0 Å². The van der Waals surface area contributed by atoms with E-state index in [4.69, 9.17) is 0 Å². The fraction of sp³-hybridized carbons (Fsp3) is 0.571. The van der Waals surface area contributed by atoms with Gasteiger partial charge in [0, 0.05) is 44.6 Å². The first-order chi connectivity index (χ1) is 9.24. The zero-order valence-corrected chi connectivity index (χ0v) is 11.5. The van der Waals surface area contributed by atoms with Gasteiger partial charge in [-0.15, -0.1) is 0 Å². The summed E-state index contributed by atoms with van der Waals surface area (Å²) in [4.78, 5) is 16.1. The van der Waals surface area contributed by atoms with Gasteiger partial charge in [-0.25, -0.2) is 0 Å². The number of hydrogen-bond acceptors (Lipinski definition) is 3. The van der Waals surface area contributed by atoms with E-state index < -0.39 is 0 Å². The van der Waals surface area contributed by atoms with E-state index >= 15 is 0 Å². The van der Waals surface area contributed by atoms with Crippen molar-refractivity contribution in [2.75, 3.05) is 26.2 Å². The lowest BCUT2D eigenvalue weighted by Gasteiger charge is -2.40. The average Bonchev–Trinajstić information content (AvgIpc) is 2.97. The molecule has 0 saturated carbocycles. The quantitative estimate of drug-likeness (QED) is 0.743. The number of rotatable bonds is 5. The van der Waals surface area contributed by atoms with E-state index in [9.17, 15) is 4.79 Å². The molecule has 104 valence electrons. The molecular weight excluding hydrogens is 240 g/mol. The molecule has 5 nitrogen and oxygen atoms in total. The molecule has 2 heterocycles. The number of hydrogen-bond donors (Lipinski definition) is 0. The second-order valence-electron chi connectivity index (χ2n) is 4.87. The van der Waals surface area contributed by atoms with Crippen molar-refractivity contribution in [3.8, 4) is 0 Å². The Balaban J connectivity index is 1.86. The Hall–Kier alpha value is -1.62. The summed E-state index contributed by atoms with van der Waals surface area (Å²) in [5.74, 6) is 0.0542. The molecule has 0 N–H and O–H groups in total. The van der Waals surface area contributed by atoms with Crippen LogP contribution in [0.15, 0.2) is 31.1 Å². The van der Waals surface area contributed by atoms with Gasteiger partial charge in [0.15, 0.2) is 0 Å². The Labute approximate surface area is 114 Å². The number of carbonyl (C=O) groups excluding carboxylic acids is 1. The van der Waals surface area contributed by atoms with Crippen LogP contribution in [0, 0.1) is 0 Å². The van der Waals surface area contributed by atoms with Crippen LogP contribution in [0.25, 0.3) is 0 Å². The number of aromatic nitrogens is 2. The molecule has 1 atom stereocenters. The van der Waals surface area contributed by atoms with E-state index in [0.717, 1.165) is 39.1 Å². The Morgan fingerprint density at radius 1 is 1.47 bits per heavy atom. The predicted molar refractivity (Wildman–Crippen MR) is 74.7 cm³/mol. The second-order valence-corrected chi connectivity index (χ2v) is 4.87. The van der Waals surface area contributed by atoms with Crippen molar-refractivity contribution in [3.05, 3.63) is 31.1 Å². The van der Waals surface area contributed by atoms with Crippen molar-refractivity contribution < 1.29 is 4.79 Å². The third-order valence-electron chi connectivity index (χ3n) is 3.70. The molecule has 0 radical (unpaired) electrons. The highest BCUT2D eigenvalue weighted by atomic mass is 16.2. The fourth-order valence-electron chi connectivity index (χ4n) is 2.56.